The quantitative estimate of drug-likeness (QED) is 0.107. The van der Waals surface area contributed by atoms with E-state index in [1.165, 1.54) is 6.20 Å². The van der Waals surface area contributed by atoms with Gasteiger partial charge in [-0.05, 0) is 12.1 Å². The first-order valence-corrected chi connectivity index (χ1v) is 7.38. The van der Waals surface area contributed by atoms with Crippen LogP contribution in [-0.4, -0.2) is 48.3 Å². The van der Waals surface area contributed by atoms with Crippen molar-refractivity contribution in [2.24, 2.45) is 4.99 Å². The fraction of sp³-hybridized carbons (Fsp3) is 0.300. The number of amidine groups is 1. The Morgan fingerprint density at radius 1 is 1.68 bits per heavy atom. The average molecular weight is 331 g/mol. The molecule has 0 aliphatic heterocycles. The van der Waals surface area contributed by atoms with E-state index in [-0.39, 0.29) is 13.2 Å². The van der Waals surface area contributed by atoms with Crippen LogP contribution in [0.15, 0.2) is 29.5 Å². The molecule has 1 aromatic heterocycles. The summed E-state index contributed by atoms with van der Waals surface area (Å²) in [5.74, 6) is 0.299. The zero-order chi connectivity index (χ0) is 17.0. The van der Waals surface area contributed by atoms with Gasteiger partial charge >= 0.3 is 0 Å². The highest BCUT2D eigenvalue weighted by molar-refractivity contribution is 7.85. The van der Waals surface area contributed by atoms with E-state index in [1.807, 2.05) is 0 Å². The van der Waals surface area contributed by atoms with Crippen LogP contribution in [0, 0.1) is 21.6 Å². The molecule has 0 bridgehead atoms. The van der Waals surface area contributed by atoms with E-state index in [4.69, 9.17) is 9.81 Å². The number of nitrogens with zero attached hydrogens (tertiary/aromatic N) is 4. The van der Waals surface area contributed by atoms with Gasteiger partial charge in [0.15, 0.2) is 6.19 Å². The van der Waals surface area contributed by atoms with Crippen LogP contribution < -0.4 is 5.32 Å². The highest BCUT2D eigenvalue weighted by atomic mass is 32.2. The monoisotopic (exact) mass is 331 g/mol. The molecule has 1 heterocycles. The Hall–Kier alpha value is -2.78. The van der Waals surface area contributed by atoms with E-state index in [9.17, 15) is 18.5 Å². The summed E-state index contributed by atoms with van der Waals surface area (Å²) in [6.07, 6.45) is 5.56. The third-order valence-electron chi connectivity index (χ3n) is 1.67. The molecule has 12 heteroatoms. The van der Waals surface area contributed by atoms with Crippen molar-refractivity contribution in [1.82, 2.24) is 10.3 Å². The van der Waals surface area contributed by atoms with E-state index in [0.717, 1.165) is 0 Å². The Bertz CT molecular complexity index is 632. The molecule has 1 aromatic rings. The summed E-state index contributed by atoms with van der Waals surface area (Å²) in [6, 6.07) is 3.40. The van der Waals surface area contributed by atoms with Crippen molar-refractivity contribution >= 4 is 16.0 Å². The number of nitriles is 1. The lowest BCUT2D eigenvalue weighted by Crippen LogP contribution is -2.20. The van der Waals surface area contributed by atoms with Gasteiger partial charge < -0.3 is 4.84 Å². The minimum atomic E-state index is -3.67. The second kappa shape index (κ2) is 10.0. The van der Waals surface area contributed by atoms with E-state index < -0.39 is 15.2 Å². The van der Waals surface area contributed by atoms with Gasteiger partial charge in [-0.15, -0.1) is 10.1 Å². The van der Waals surface area contributed by atoms with Gasteiger partial charge in [0.2, 0.25) is 0 Å². The zero-order valence-corrected chi connectivity index (χ0v) is 12.2. The molecule has 0 fully saturated rings. The van der Waals surface area contributed by atoms with Gasteiger partial charge in [-0.25, -0.2) is 0 Å². The molecule has 0 saturated carbocycles. The summed E-state index contributed by atoms with van der Waals surface area (Å²) in [5, 5.41) is 19.9. The Kier molecular flexibility index (Phi) is 8.75. The number of aromatic nitrogens is 1. The minimum Gasteiger partial charge on any atom is -0.312 e. The molecular weight excluding hydrogens is 318 g/mol. The van der Waals surface area contributed by atoms with Crippen molar-refractivity contribution in [3.63, 3.8) is 0 Å². The van der Waals surface area contributed by atoms with E-state index in [2.05, 4.69) is 20.1 Å². The van der Waals surface area contributed by atoms with Gasteiger partial charge in [0.05, 0.1) is 12.8 Å². The first kappa shape index (κ1) is 19.2. The number of nitrogens with one attached hydrogen (secondary N) is 1. The highest BCUT2D eigenvalue weighted by Crippen LogP contribution is 1.96. The molecule has 0 spiro atoms. The normalized spacial score (nSPS) is 10.7. The van der Waals surface area contributed by atoms with Crippen LogP contribution in [0.5, 0.6) is 0 Å². The fourth-order valence-corrected chi connectivity index (χ4v) is 1.03. The molecule has 1 rings (SSSR count). The van der Waals surface area contributed by atoms with Gasteiger partial charge in [0.25, 0.3) is 15.2 Å². The van der Waals surface area contributed by atoms with Crippen LogP contribution in [0.2, 0.25) is 0 Å². The maximum absolute atomic E-state index is 9.90. The molecule has 0 unspecified atom stereocenters. The van der Waals surface area contributed by atoms with Gasteiger partial charge in [-0.2, -0.15) is 13.7 Å². The zero-order valence-electron chi connectivity index (χ0n) is 11.4. The summed E-state index contributed by atoms with van der Waals surface area (Å²) >= 11 is 0. The third-order valence-corrected chi connectivity index (χ3v) is 1.67. The lowest BCUT2D eigenvalue weighted by Gasteiger charge is -2.03. The number of pyridine rings is 1. The lowest BCUT2D eigenvalue weighted by molar-refractivity contribution is -0.757. The van der Waals surface area contributed by atoms with Crippen LogP contribution in [0.4, 0.5) is 0 Å². The minimum absolute atomic E-state index is 0.0693. The predicted octanol–water partition coefficient (Wildman–Crippen LogP) is -0.389. The molecule has 0 atom stereocenters. The van der Waals surface area contributed by atoms with E-state index in [0.29, 0.717) is 17.7 Å². The van der Waals surface area contributed by atoms with Crippen molar-refractivity contribution in [2.75, 3.05) is 19.4 Å². The molecule has 22 heavy (non-hydrogen) atoms. The maximum Gasteiger partial charge on any atom is 0.294 e. The van der Waals surface area contributed by atoms with Crippen molar-refractivity contribution < 1.29 is 22.9 Å². The van der Waals surface area contributed by atoms with Gasteiger partial charge in [0.1, 0.15) is 12.4 Å². The lowest BCUT2D eigenvalue weighted by atomic mass is 10.2. The Morgan fingerprint density at radius 3 is 2.77 bits per heavy atom. The van der Waals surface area contributed by atoms with Crippen LogP contribution in [-0.2, 0) is 15.0 Å². The second-order valence-corrected chi connectivity index (χ2v) is 4.96. The molecule has 0 saturated heterocycles. The number of rotatable bonds is 5. The summed E-state index contributed by atoms with van der Waals surface area (Å²) in [7, 11) is -3.67. The largest absolute Gasteiger partial charge is 0.312 e. The van der Waals surface area contributed by atoms with E-state index in [1.54, 1.807) is 24.5 Å². The van der Waals surface area contributed by atoms with Crippen LogP contribution in [0.3, 0.4) is 0 Å². The molecule has 120 valence electrons. The average Bonchev–Trinajstić information content (AvgIpc) is 2.41. The first-order chi connectivity index (χ1) is 10.2. The van der Waals surface area contributed by atoms with E-state index >= 15 is 0 Å². The predicted molar refractivity (Wildman–Crippen MR) is 74.8 cm³/mol. The highest BCUT2D eigenvalue weighted by Gasteiger charge is 2.02. The Labute approximate surface area is 126 Å². The second-order valence-electron chi connectivity index (χ2n) is 3.50. The van der Waals surface area contributed by atoms with Crippen molar-refractivity contribution in [2.45, 2.75) is 0 Å². The molecule has 0 radical (unpaired) electrons. The Balaban J connectivity index is 0.000000763. The third kappa shape index (κ3) is 12.3. The number of hydrogen-bond donors (Lipinski definition) is 2. The summed E-state index contributed by atoms with van der Waals surface area (Å²) < 4.78 is 25.9. The Morgan fingerprint density at radius 2 is 2.32 bits per heavy atom. The van der Waals surface area contributed by atoms with Crippen LogP contribution in [0.25, 0.3) is 0 Å². The summed E-state index contributed by atoms with van der Waals surface area (Å²) in [6.45, 7) is -0.0935. The van der Waals surface area contributed by atoms with Gasteiger partial charge in [-0.3, -0.25) is 19.8 Å². The fourth-order valence-electron chi connectivity index (χ4n) is 1.03. The van der Waals surface area contributed by atoms with Crippen molar-refractivity contribution in [1.29, 1.82) is 5.26 Å². The van der Waals surface area contributed by atoms with Crippen molar-refractivity contribution in [3.8, 4) is 6.19 Å². The molecular formula is C10H13N5O6S. The van der Waals surface area contributed by atoms with Crippen LogP contribution >= 0.6 is 0 Å². The summed E-state index contributed by atoms with van der Waals surface area (Å²) in [5.41, 5.74) is 0.621. The maximum atomic E-state index is 9.90. The van der Waals surface area contributed by atoms with Crippen molar-refractivity contribution in [3.05, 3.63) is 40.2 Å². The molecule has 11 nitrogen and oxygen atoms in total. The first-order valence-electron chi connectivity index (χ1n) is 5.53. The van der Waals surface area contributed by atoms with Gasteiger partial charge in [0, 0.05) is 18.0 Å². The summed E-state index contributed by atoms with van der Waals surface area (Å²) in [4.78, 5) is 21.8. The number of hydrogen-bond acceptors (Lipinski definition) is 8. The molecule has 2 N–H and O–H groups in total. The molecule has 0 amide bonds. The molecule has 0 aliphatic carbocycles. The molecule has 0 aromatic carbocycles. The smallest absolute Gasteiger partial charge is 0.294 e. The van der Waals surface area contributed by atoms with Crippen LogP contribution in [0.1, 0.15) is 5.56 Å². The number of aliphatic imine (C=N–C) groups is 1. The van der Waals surface area contributed by atoms with Gasteiger partial charge in [-0.1, -0.05) is 0 Å². The SMILES string of the molecule is CS(=O)(=O)O.N#CNC(=NCCO[N+](=O)[O-])c1cccnc1. The topological polar surface area (TPSA) is 168 Å². The molecule has 0 aliphatic rings. The standard InChI is InChI=1S/C9H9N5O3.CH4O3S/c10-7-13-9(8-2-1-3-11-6-8)12-4-5-17-14(15)16;1-5(2,3)4/h1-3,6H,4-5H2,(H,12,13);1H3,(H,2,3,4).